The number of oxazole rings is 1. The number of nitrogens with one attached hydrogen (secondary N) is 1. The Balaban J connectivity index is 1.46. The van der Waals surface area contributed by atoms with E-state index in [1.807, 2.05) is 60.4 Å². The van der Waals surface area contributed by atoms with E-state index in [-0.39, 0.29) is 30.7 Å². The molecule has 0 radical (unpaired) electrons. The molecule has 0 aliphatic carbocycles. The van der Waals surface area contributed by atoms with Gasteiger partial charge in [-0.15, -0.1) is 0 Å². The van der Waals surface area contributed by atoms with Gasteiger partial charge >= 0.3 is 6.18 Å². The number of amides is 1. The normalized spacial score (nSPS) is 12.5. The molecular formula is C28H27F3N4O2. The number of hydrogen-bond donors (Lipinski definition) is 1. The van der Waals surface area contributed by atoms with Gasteiger partial charge in [-0.3, -0.25) is 14.7 Å². The summed E-state index contributed by atoms with van der Waals surface area (Å²) in [5.41, 5.74) is 1.81. The van der Waals surface area contributed by atoms with Gasteiger partial charge in [-0.05, 0) is 36.2 Å². The molecule has 0 aliphatic rings. The first-order chi connectivity index (χ1) is 17.8. The molecular weight excluding hydrogens is 481 g/mol. The second-order valence-corrected chi connectivity index (χ2v) is 8.64. The Kier molecular flexibility index (Phi) is 8.35. The van der Waals surface area contributed by atoms with E-state index in [9.17, 15) is 18.0 Å². The van der Waals surface area contributed by atoms with Crippen LogP contribution in [0.25, 0.3) is 0 Å². The lowest BCUT2D eigenvalue weighted by atomic mass is 10.0. The number of rotatable bonds is 10. The molecule has 192 valence electrons. The third-order valence-corrected chi connectivity index (χ3v) is 5.99. The molecule has 4 aromatic rings. The monoisotopic (exact) mass is 508 g/mol. The van der Waals surface area contributed by atoms with Crippen LogP contribution in [0.1, 0.15) is 51.7 Å². The maximum absolute atomic E-state index is 13.3. The maximum atomic E-state index is 13.3. The van der Waals surface area contributed by atoms with Crippen molar-refractivity contribution in [2.24, 2.45) is 0 Å². The third kappa shape index (κ3) is 7.27. The second kappa shape index (κ2) is 11.8. The molecule has 2 aromatic carbocycles. The molecule has 2 heterocycles. The Hall–Kier alpha value is -3.98. The second-order valence-electron chi connectivity index (χ2n) is 8.64. The van der Waals surface area contributed by atoms with Gasteiger partial charge in [-0.2, -0.15) is 13.2 Å². The average molecular weight is 509 g/mol. The van der Waals surface area contributed by atoms with Crippen molar-refractivity contribution in [3.05, 3.63) is 119 Å². The number of pyridine rings is 1. The number of carbonyl (C=O) groups is 1. The molecule has 6 nitrogen and oxygen atoms in total. The molecule has 37 heavy (non-hydrogen) atoms. The van der Waals surface area contributed by atoms with Gasteiger partial charge in [0.1, 0.15) is 6.26 Å². The van der Waals surface area contributed by atoms with Crippen LogP contribution in [-0.2, 0) is 25.7 Å². The van der Waals surface area contributed by atoms with Gasteiger partial charge in [-0.1, -0.05) is 54.6 Å². The van der Waals surface area contributed by atoms with Crippen LogP contribution in [0.15, 0.2) is 89.7 Å². The van der Waals surface area contributed by atoms with Gasteiger partial charge in [0.2, 0.25) is 5.89 Å². The molecule has 0 spiro atoms. The van der Waals surface area contributed by atoms with E-state index in [0.29, 0.717) is 24.4 Å². The largest absolute Gasteiger partial charge is 0.447 e. The smallest absolute Gasteiger partial charge is 0.416 e. The summed E-state index contributed by atoms with van der Waals surface area (Å²) in [5, 5.41) is 2.80. The van der Waals surface area contributed by atoms with E-state index in [2.05, 4.69) is 15.3 Å². The van der Waals surface area contributed by atoms with Crippen LogP contribution in [0, 0.1) is 0 Å². The summed E-state index contributed by atoms with van der Waals surface area (Å²) in [6.45, 7) is 2.80. The Labute approximate surface area is 213 Å². The molecule has 1 N–H and O–H groups in total. The standard InChI is InChI=1S/C28H27F3N4O2/c1-20(22-9-3-2-4-10-22)35(17-21-8-7-11-23(16-21)28(29,30)31)18-26-34-25(19-37-26)27(36)33-15-13-24-12-5-6-14-32-24/h2-12,14,16,19-20H,13,15,17-18H2,1H3,(H,33,36)/t20-/m0/s1. The lowest BCUT2D eigenvalue weighted by molar-refractivity contribution is -0.137. The van der Waals surface area contributed by atoms with Crippen molar-refractivity contribution in [2.45, 2.75) is 38.7 Å². The minimum atomic E-state index is -4.42. The topological polar surface area (TPSA) is 71.3 Å². The Bertz CT molecular complexity index is 1290. The van der Waals surface area contributed by atoms with E-state index in [0.717, 1.165) is 23.4 Å². The molecule has 2 aromatic heterocycles. The summed E-state index contributed by atoms with van der Waals surface area (Å²) in [6.07, 6.45) is -0.854. The van der Waals surface area contributed by atoms with Gasteiger partial charge in [0.05, 0.1) is 12.1 Å². The fourth-order valence-corrected chi connectivity index (χ4v) is 3.95. The molecule has 0 aliphatic heterocycles. The van der Waals surface area contributed by atoms with Crippen LogP contribution >= 0.6 is 0 Å². The van der Waals surface area contributed by atoms with Crippen LogP contribution < -0.4 is 5.32 Å². The van der Waals surface area contributed by atoms with E-state index in [1.54, 1.807) is 12.3 Å². The maximum Gasteiger partial charge on any atom is 0.416 e. The van der Waals surface area contributed by atoms with Crippen LogP contribution in [0.2, 0.25) is 0 Å². The number of alkyl halides is 3. The Morgan fingerprint density at radius 3 is 2.54 bits per heavy atom. The van der Waals surface area contributed by atoms with Crippen molar-refractivity contribution in [1.29, 1.82) is 0 Å². The molecule has 1 amide bonds. The van der Waals surface area contributed by atoms with Crippen LogP contribution in [0.3, 0.4) is 0 Å². The fourth-order valence-electron chi connectivity index (χ4n) is 3.95. The molecule has 4 rings (SSSR count). The van der Waals surface area contributed by atoms with Crippen molar-refractivity contribution < 1.29 is 22.4 Å². The van der Waals surface area contributed by atoms with E-state index in [4.69, 9.17) is 4.42 Å². The molecule has 0 unspecified atom stereocenters. The highest BCUT2D eigenvalue weighted by atomic mass is 19.4. The summed E-state index contributed by atoms with van der Waals surface area (Å²) in [4.78, 5) is 23.1. The van der Waals surface area contributed by atoms with Crippen molar-refractivity contribution in [1.82, 2.24) is 20.2 Å². The molecule has 0 bridgehead atoms. The van der Waals surface area contributed by atoms with Crippen molar-refractivity contribution in [2.75, 3.05) is 6.54 Å². The van der Waals surface area contributed by atoms with Crippen molar-refractivity contribution >= 4 is 5.91 Å². The highest BCUT2D eigenvalue weighted by Gasteiger charge is 2.30. The molecule has 0 saturated heterocycles. The minimum Gasteiger partial charge on any atom is -0.447 e. The summed E-state index contributed by atoms with van der Waals surface area (Å²) >= 11 is 0. The Morgan fingerprint density at radius 1 is 1.03 bits per heavy atom. The zero-order valence-corrected chi connectivity index (χ0v) is 20.3. The van der Waals surface area contributed by atoms with E-state index < -0.39 is 11.7 Å². The first-order valence-electron chi connectivity index (χ1n) is 11.9. The fraction of sp³-hybridized carbons (Fsp3) is 0.250. The first-order valence-corrected chi connectivity index (χ1v) is 11.9. The van der Waals surface area contributed by atoms with Gasteiger partial charge in [0.25, 0.3) is 5.91 Å². The first kappa shape index (κ1) is 26.1. The highest BCUT2D eigenvalue weighted by molar-refractivity contribution is 5.91. The average Bonchev–Trinajstić information content (AvgIpc) is 3.37. The van der Waals surface area contributed by atoms with Crippen LogP contribution in [0.4, 0.5) is 13.2 Å². The number of hydrogen-bond acceptors (Lipinski definition) is 5. The summed E-state index contributed by atoms with van der Waals surface area (Å²) in [7, 11) is 0. The summed E-state index contributed by atoms with van der Waals surface area (Å²) < 4.78 is 45.4. The van der Waals surface area contributed by atoms with Crippen molar-refractivity contribution in [3.63, 3.8) is 0 Å². The molecule has 0 saturated carbocycles. The number of halogens is 3. The van der Waals surface area contributed by atoms with Crippen molar-refractivity contribution in [3.8, 4) is 0 Å². The lowest BCUT2D eigenvalue weighted by Crippen LogP contribution is -2.27. The van der Waals surface area contributed by atoms with Gasteiger partial charge in [-0.25, -0.2) is 4.98 Å². The van der Waals surface area contributed by atoms with Crippen LogP contribution in [-0.4, -0.2) is 27.3 Å². The molecule has 1 atom stereocenters. The summed E-state index contributed by atoms with van der Waals surface area (Å²) in [6, 6.07) is 20.4. The predicted octanol–water partition coefficient (Wildman–Crippen LogP) is 5.82. The summed E-state index contributed by atoms with van der Waals surface area (Å²) in [5.74, 6) is -0.0731. The highest BCUT2D eigenvalue weighted by Crippen LogP contribution is 2.31. The van der Waals surface area contributed by atoms with Gasteiger partial charge in [0.15, 0.2) is 5.69 Å². The van der Waals surface area contributed by atoms with Gasteiger partial charge in [0, 0.05) is 37.4 Å². The number of nitrogens with zero attached hydrogens (tertiary/aromatic N) is 3. The van der Waals surface area contributed by atoms with E-state index >= 15 is 0 Å². The zero-order valence-electron chi connectivity index (χ0n) is 20.3. The molecule has 0 fully saturated rings. The predicted molar refractivity (Wildman–Crippen MR) is 132 cm³/mol. The lowest BCUT2D eigenvalue weighted by Gasteiger charge is -2.28. The number of aromatic nitrogens is 2. The molecule has 9 heteroatoms. The third-order valence-electron chi connectivity index (χ3n) is 5.99. The van der Waals surface area contributed by atoms with Gasteiger partial charge < -0.3 is 9.73 Å². The quantitative estimate of drug-likeness (QED) is 0.292. The number of benzene rings is 2. The number of carbonyl (C=O) groups excluding carboxylic acids is 1. The Morgan fingerprint density at radius 2 is 1.81 bits per heavy atom. The van der Waals surface area contributed by atoms with E-state index in [1.165, 1.54) is 12.3 Å². The minimum absolute atomic E-state index is 0.141. The van der Waals surface area contributed by atoms with Crippen LogP contribution in [0.5, 0.6) is 0 Å². The SMILES string of the molecule is C[C@@H](c1ccccc1)N(Cc1cccc(C(F)(F)F)c1)Cc1nc(C(=O)NCCc2ccccn2)co1. The zero-order chi connectivity index (χ0) is 26.3.